The lowest BCUT2D eigenvalue weighted by atomic mass is 9.32. The lowest BCUT2D eigenvalue weighted by molar-refractivity contribution is -0.228. The largest absolute Gasteiger partial charge is 0.465 e. The lowest BCUT2D eigenvalue weighted by Gasteiger charge is -2.72. The number of allylic oxidation sites excluding steroid dienone is 3. The molecule has 0 heterocycles. The van der Waals surface area contributed by atoms with E-state index in [0.717, 1.165) is 25.7 Å². The first-order valence-corrected chi connectivity index (χ1v) is 19.0. The van der Waals surface area contributed by atoms with E-state index in [1.807, 2.05) is 42.5 Å². The van der Waals surface area contributed by atoms with Gasteiger partial charge >= 0.3 is 11.9 Å². The van der Waals surface area contributed by atoms with Crippen LogP contribution in [0.3, 0.4) is 0 Å². The molecule has 49 heavy (non-hydrogen) atoms. The van der Waals surface area contributed by atoms with Gasteiger partial charge in [-0.1, -0.05) is 83.2 Å². The highest BCUT2D eigenvalue weighted by Gasteiger charge is 2.70. The van der Waals surface area contributed by atoms with Crippen LogP contribution in [0.4, 0.5) is 0 Å². The highest BCUT2D eigenvalue weighted by Crippen LogP contribution is 2.77. The second-order valence-electron chi connectivity index (χ2n) is 18.1. The lowest BCUT2D eigenvalue weighted by Crippen LogP contribution is -2.65. The number of carbonyl (C=O) groups excluding carboxylic acids is 2. The summed E-state index contributed by atoms with van der Waals surface area (Å²) in [5, 5.41) is 0. The fraction of sp³-hybridized carbons (Fsp3) is 0.600. The van der Waals surface area contributed by atoms with E-state index in [2.05, 4.69) is 66.3 Å². The topological polar surface area (TPSA) is 52.6 Å². The molecule has 0 bridgehead atoms. The summed E-state index contributed by atoms with van der Waals surface area (Å²) in [7, 11) is 1.44. The summed E-state index contributed by atoms with van der Waals surface area (Å²) >= 11 is 0. The minimum Gasteiger partial charge on any atom is -0.465 e. The van der Waals surface area contributed by atoms with Crippen LogP contribution >= 0.6 is 0 Å². The third-order valence-corrected chi connectivity index (χ3v) is 15.9. The molecule has 0 amide bonds. The van der Waals surface area contributed by atoms with Crippen molar-refractivity contribution < 1.29 is 19.1 Å². The summed E-state index contributed by atoms with van der Waals surface area (Å²) in [6.45, 7) is 20.3. The SMILES string of the molecule is C=C(C)[C@@H]1CC[C@]2(COC(=O)c3ccccc3)CC[C@]3(C)[C@H](CC[C@@H]4[C@@]5(C)CC=C(c6ccc(C(=O)OC)cc6)C(C)(C)[C@@H]5CC[C@]43C)[C@@H]12. The van der Waals surface area contributed by atoms with E-state index in [4.69, 9.17) is 9.47 Å². The molecule has 4 heteroatoms. The standard InChI is InChI=1S/C45H58O4/c1-29(2)33-20-25-45(28-49-40(47)31-12-10-9-11-13-31)27-26-43(6)35(38(33)45)18-19-37-42(5)23-21-34(30-14-16-32(17-15-30)39(46)48-8)41(3,4)36(42)22-24-44(37,43)7/h9-17,21,33,35-38H,1,18-20,22-28H2,2-8H3/t33-,35+,36-,37+,38+,42-,43+,44+,45+/m0/s1. The van der Waals surface area contributed by atoms with Gasteiger partial charge in [-0.25, -0.2) is 9.59 Å². The van der Waals surface area contributed by atoms with E-state index in [1.54, 1.807) is 0 Å². The van der Waals surface area contributed by atoms with Crippen molar-refractivity contribution in [3.63, 3.8) is 0 Å². The zero-order valence-electron chi connectivity index (χ0n) is 31.1. The van der Waals surface area contributed by atoms with Gasteiger partial charge in [0, 0.05) is 5.41 Å². The summed E-state index contributed by atoms with van der Waals surface area (Å²) < 4.78 is 11.2. The molecule has 0 aliphatic heterocycles. The minimum absolute atomic E-state index is 0.0275. The van der Waals surface area contributed by atoms with E-state index in [9.17, 15) is 9.59 Å². The highest BCUT2D eigenvalue weighted by atomic mass is 16.5. The molecule has 0 N–H and O–H groups in total. The molecule has 0 saturated heterocycles. The van der Waals surface area contributed by atoms with Crippen molar-refractivity contribution >= 4 is 17.5 Å². The molecule has 2 aromatic carbocycles. The molecule has 2 aromatic rings. The first-order chi connectivity index (χ1) is 23.2. The molecule has 4 nitrogen and oxygen atoms in total. The predicted octanol–water partition coefficient (Wildman–Crippen LogP) is 11.0. The molecular weight excluding hydrogens is 604 g/mol. The predicted molar refractivity (Wildman–Crippen MR) is 197 cm³/mol. The van der Waals surface area contributed by atoms with Gasteiger partial charge in [-0.2, -0.15) is 0 Å². The average Bonchev–Trinajstić information content (AvgIpc) is 3.48. The summed E-state index contributed by atoms with van der Waals surface area (Å²) in [6, 6.07) is 17.6. The van der Waals surface area contributed by atoms with Crippen molar-refractivity contribution in [2.24, 2.45) is 56.7 Å². The summed E-state index contributed by atoms with van der Waals surface area (Å²) in [6.07, 6.45) is 13.3. The number of carbonyl (C=O) groups is 2. The number of rotatable bonds is 6. The Kier molecular flexibility index (Phi) is 8.39. The Morgan fingerprint density at radius 1 is 0.776 bits per heavy atom. The first kappa shape index (κ1) is 34.3. The summed E-state index contributed by atoms with van der Waals surface area (Å²) in [5.41, 5.74) is 6.00. The molecule has 4 fully saturated rings. The van der Waals surface area contributed by atoms with Crippen LogP contribution in [-0.2, 0) is 9.47 Å². The molecule has 0 spiro atoms. The van der Waals surface area contributed by atoms with Gasteiger partial charge in [-0.15, -0.1) is 0 Å². The van der Waals surface area contributed by atoms with E-state index < -0.39 is 0 Å². The Morgan fingerprint density at radius 2 is 1.47 bits per heavy atom. The number of fused-ring (bicyclic) bond motifs is 7. The molecule has 9 atom stereocenters. The molecule has 262 valence electrons. The Bertz CT molecular complexity index is 1650. The zero-order chi connectivity index (χ0) is 35.0. The van der Waals surface area contributed by atoms with Crippen LogP contribution in [0, 0.1) is 56.7 Å². The molecule has 5 aliphatic carbocycles. The van der Waals surface area contributed by atoms with Crippen molar-refractivity contribution in [2.45, 2.75) is 99.3 Å². The number of methoxy groups -OCH3 is 1. The van der Waals surface area contributed by atoms with Crippen LogP contribution < -0.4 is 0 Å². The average molecular weight is 663 g/mol. The quantitative estimate of drug-likeness (QED) is 0.228. The van der Waals surface area contributed by atoms with Gasteiger partial charge in [0.25, 0.3) is 0 Å². The van der Waals surface area contributed by atoms with E-state index >= 15 is 0 Å². The summed E-state index contributed by atoms with van der Waals surface area (Å²) in [4.78, 5) is 25.3. The number of hydrogen-bond acceptors (Lipinski definition) is 4. The van der Waals surface area contributed by atoms with Crippen LogP contribution in [0.25, 0.3) is 5.57 Å². The Morgan fingerprint density at radius 3 is 2.14 bits per heavy atom. The molecule has 4 saturated carbocycles. The molecule has 0 aromatic heterocycles. The van der Waals surface area contributed by atoms with E-state index in [-0.39, 0.29) is 39.0 Å². The molecule has 5 aliphatic rings. The van der Waals surface area contributed by atoms with Gasteiger partial charge in [0.15, 0.2) is 0 Å². The molecule has 0 radical (unpaired) electrons. The molecular formula is C45H58O4. The van der Waals surface area contributed by atoms with Gasteiger partial charge in [-0.3, -0.25) is 0 Å². The monoisotopic (exact) mass is 662 g/mol. The molecule has 7 rings (SSSR count). The smallest absolute Gasteiger partial charge is 0.338 e. The van der Waals surface area contributed by atoms with Crippen molar-refractivity contribution in [3.05, 3.63) is 89.5 Å². The number of esters is 2. The maximum Gasteiger partial charge on any atom is 0.338 e. The van der Waals surface area contributed by atoms with Gasteiger partial charge < -0.3 is 9.47 Å². The Hall–Kier alpha value is -3.14. The zero-order valence-corrected chi connectivity index (χ0v) is 31.1. The van der Waals surface area contributed by atoms with Gasteiger partial charge in [-0.05, 0) is 151 Å². The van der Waals surface area contributed by atoms with Crippen molar-refractivity contribution in [1.29, 1.82) is 0 Å². The number of ether oxygens (including phenoxy) is 2. The fourth-order valence-corrected chi connectivity index (χ4v) is 13.4. The van der Waals surface area contributed by atoms with E-state index in [0.29, 0.717) is 47.3 Å². The van der Waals surface area contributed by atoms with Crippen LogP contribution in [0.5, 0.6) is 0 Å². The first-order valence-electron chi connectivity index (χ1n) is 19.0. The van der Waals surface area contributed by atoms with Crippen molar-refractivity contribution in [1.82, 2.24) is 0 Å². The van der Waals surface area contributed by atoms with Crippen molar-refractivity contribution in [3.8, 4) is 0 Å². The third kappa shape index (κ3) is 5.04. The van der Waals surface area contributed by atoms with E-state index in [1.165, 1.54) is 55.9 Å². The van der Waals surface area contributed by atoms with Crippen LogP contribution in [0.2, 0.25) is 0 Å². The fourth-order valence-electron chi connectivity index (χ4n) is 13.4. The van der Waals surface area contributed by atoms with Gasteiger partial charge in [0.05, 0.1) is 24.8 Å². The maximum absolute atomic E-state index is 13.2. The second-order valence-corrected chi connectivity index (χ2v) is 18.1. The normalized spacial score (nSPS) is 38.9. The Balaban J connectivity index is 1.18. The maximum atomic E-state index is 13.2. The number of hydrogen-bond donors (Lipinski definition) is 0. The number of benzene rings is 2. The minimum atomic E-state index is -0.285. The van der Waals surface area contributed by atoms with Gasteiger partial charge in [0.2, 0.25) is 0 Å². The molecule has 0 unspecified atom stereocenters. The Labute approximate surface area is 295 Å². The van der Waals surface area contributed by atoms with Crippen LogP contribution in [0.15, 0.2) is 72.8 Å². The third-order valence-electron chi connectivity index (χ3n) is 15.9. The highest BCUT2D eigenvalue weighted by molar-refractivity contribution is 5.90. The summed E-state index contributed by atoms with van der Waals surface area (Å²) in [5.74, 6) is 2.40. The second kappa shape index (κ2) is 12.0. The van der Waals surface area contributed by atoms with Crippen LogP contribution in [0.1, 0.15) is 126 Å². The van der Waals surface area contributed by atoms with Crippen LogP contribution in [-0.4, -0.2) is 25.7 Å². The van der Waals surface area contributed by atoms with Gasteiger partial charge in [0.1, 0.15) is 0 Å². The van der Waals surface area contributed by atoms with Crippen molar-refractivity contribution in [2.75, 3.05) is 13.7 Å².